The van der Waals surface area contributed by atoms with Crippen LogP contribution in [0.15, 0.2) is 60.8 Å². The van der Waals surface area contributed by atoms with Gasteiger partial charge in [-0.25, -0.2) is 4.79 Å². The van der Waals surface area contributed by atoms with Crippen molar-refractivity contribution in [3.05, 3.63) is 76.5 Å². The van der Waals surface area contributed by atoms with E-state index < -0.39 is 28.8 Å². The standard InChI is InChI=1S/C19H18N4O5/c1-11-16(18(24)21-13-6-4-7-14(10-13)23(26)27)17(22-19(25)20-11)12-5-3-8-15(9-12)28-2/h3-10,16-17H,1H2,2H3,(H,21,24)(H2,20,22,25)/t16-,17-/m0/s1. The normalized spacial score (nSPS) is 18.6. The lowest BCUT2D eigenvalue weighted by atomic mass is 9.88. The van der Waals surface area contributed by atoms with E-state index in [0.29, 0.717) is 11.3 Å². The predicted molar refractivity (Wildman–Crippen MR) is 102 cm³/mol. The van der Waals surface area contributed by atoms with Gasteiger partial charge in [-0.05, 0) is 23.8 Å². The Morgan fingerprint density at radius 1 is 1.25 bits per heavy atom. The number of urea groups is 1. The van der Waals surface area contributed by atoms with Gasteiger partial charge in [-0.15, -0.1) is 0 Å². The van der Waals surface area contributed by atoms with Crippen molar-refractivity contribution in [3.8, 4) is 5.75 Å². The molecule has 3 N–H and O–H groups in total. The van der Waals surface area contributed by atoms with Crippen LogP contribution in [0.3, 0.4) is 0 Å². The highest BCUT2D eigenvalue weighted by atomic mass is 16.6. The third-order valence-corrected chi connectivity index (χ3v) is 4.33. The minimum absolute atomic E-state index is 0.143. The number of nitrogens with one attached hydrogen (secondary N) is 3. The summed E-state index contributed by atoms with van der Waals surface area (Å²) in [6, 6.07) is 11.4. The number of nitro groups is 1. The Kier molecular flexibility index (Phi) is 5.25. The molecule has 2 aromatic rings. The molecule has 0 aromatic heterocycles. The number of anilines is 1. The molecular formula is C19H18N4O5. The highest BCUT2D eigenvalue weighted by Gasteiger charge is 2.38. The maximum Gasteiger partial charge on any atom is 0.319 e. The number of hydrogen-bond donors (Lipinski definition) is 3. The van der Waals surface area contributed by atoms with Crippen LogP contribution in [-0.4, -0.2) is 24.0 Å². The van der Waals surface area contributed by atoms with Gasteiger partial charge in [0.15, 0.2) is 0 Å². The lowest BCUT2D eigenvalue weighted by Gasteiger charge is -2.34. The number of benzene rings is 2. The van der Waals surface area contributed by atoms with Crippen LogP contribution >= 0.6 is 0 Å². The third kappa shape index (κ3) is 3.93. The Bertz CT molecular complexity index is 959. The van der Waals surface area contributed by atoms with Gasteiger partial charge in [0.05, 0.1) is 18.1 Å². The maximum atomic E-state index is 12.9. The number of carbonyl (C=O) groups is 2. The van der Waals surface area contributed by atoms with E-state index in [4.69, 9.17) is 4.74 Å². The van der Waals surface area contributed by atoms with Gasteiger partial charge in [0.2, 0.25) is 5.91 Å². The molecule has 0 unspecified atom stereocenters. The van der Waals surface area contributed by atoms with Crippen LogP contribution in [0.25, 0.3) is 0 Å². The van der Waals surface area contributed by atoms with Gasteiger partial charge in [-0.2, -0.15) is 0 Å². The zero-order valence-electron chi connectivity index (χ0n) is 15.0. The molecule has 0 radical (unpaired) electrons. The monoisotopic (exact) mass is 382 g/mol. The first-order valence-corrected chi connectivity index (χ1v) is 8.34. The molecule has 0 aliphatic carbocycles. The van der Waals surface area contributed by atoms with Gasteiger partial charge >= 0.3 is 6.03 Å². The van der Waals surface area contributed by atoms with E-state index in [1.54, 1.807) is 30.3 Å². The summed E-state index contributed by atoms with van der Waals surface area (Å²) in [6.45, 7) is 3.80. The fourth-order valence-electron chi connectivity index (χ4n) is 3.02. The number of nitrogens with zero attached hydrogens (tertiary/aromatic N) is 1. The van der Waals surface area contributed by atoms with Gasteiger partial charge in [0.1, 0.15) is 11.7 Å². The van der Waals surface area contributed by atoms with E-state index in [1.807, 2.05) is 0 Å². The summed E-state index contributed by atoms with van der Waals surface area (Å²) in [5.41, 5.74) is 1.01. The molecule has 1 fully saturated rings. The number of carbonyl (C=O) groups excluding carboxylic acids is 2. The van der Waals surface area contributed by atoms with E-state index in [9.17, 15) is 19.7 Å². The van der Waals surface area contributed by atoms with Crippen molar-refractivity contribution in [1.29, 1.82) is 0 Å². The topological polar surface area (TPSA) is 123 Å². The van der Waals surface area contributed by atoms with Crippen molar-refractivity contribution in [1.82, 2.24) is 10.6 Å². The summed E-state index contributed by atoms with van der Waals surface area (Å²) < 4.78 is 5.21. The number of rotatable bonds is 5. The average Bonchev–Trinajstić information content (AvgIpc) is 2.67. The molecule has 144 valence electrons. The van der Waals surface area contributed by atoms with Gasteiger partial charge in [-0.3, -0.25) is 14.9 Å². The van der Waals surface area contributed by atoms with E-state index >= 15 is 0 Å². The number of amides is 3. The highest BCUT2D eigenvalue weighted by molar-refractivity contribution is 5.97. The number of nitro benzene ring substituents is 1. The van der Waals surface area contributed by atoms with Crippen LogP contribution in [0.2, 0.25) is 0 Å². The highest BCUT2D eigenvalue weighted by Crippen LogP contribution is 2.32. The quantitative estimate of drug-likeness (QED) is 0.542. The van der Waals surface area contributed by atoms with Crippen molar-refractivity contribution in [2.75, 3.05) is 12.4 Å². The first-order valence-electron chi connectivity index (χ1n) is 8.34. The summed E-state index contributed by atoms with van der Waals surface area (Å²) in [4.78, 5) is 35.3. The predicted octanol–water partition coefficient (Wildman–Crippen LogP) is 2.73. The minimum atomic E-state index is -0.843. The minimum Gasteiger partial charge on any atom is -0.497 e. The number of ether oxygens (including phenoxy) is 1. The molecular weight excluding hydrogens is 364 g/mol. The lowest BCUT2D eigenvalue weighted by Crippen LogP contribution is -2.51. The summed E-state index contributed by atoms with van der Waals surface area (Å²) in [6.07, 6.45) is 0. The van der Waals surface area contributed by atoms with Gasteiger partial charge in [0.25, 0.3) is 5.69 Å². The molecule has 3 rings (SSSR count). The van der Waals surface area contributed by atoms with Crippen molar-refractivity contribution in [3.63, 3.8) is 0 Å². The van der Waals surface area contributed by atoms with E-state index in [-0.39, 0.29) is 17.1 Å². The summed E-state index contributed by atoms with van der Waals surface area (Å²) in [5.74, 6) is -0.733. The van der Waals surface area contributed by atoms with Crippen LogP contribution in [0, 0.1) is 16.0 Å². The number of hydrogen-bond acceptors (Lipinski definition) is 5. The van der Waals surface area contributed by atoms with Crippen molar-refractivity contribution >= 4 is 23.3 Å². The van der Waals surface area contributed by atoms with E-state index in [2.05, 4.69) is 22.5 Å². The molecule has 9 nitrogen and oxygen atoms in total. The van der Waals surface area contributed by atoms with Crippen molar-refractivity contribution in [2.45, 2.75) is 6.04 Å². The zero-order chi connectivity index (χ0) is 20.3. The second-order valence-corrected chi connectivity index (χ2v) is 6.15. The van der Waals surface area contributed by atoms with E-state index in [1.165, 1.54) is 25.3 Å². The summed E-state index contributed by atoms with van der Waals surface area (Å²) in [7, 11) is 1.52. The molecule has 1 heterocycles. The molecule has 0 spiro atoms. The molecule has 2 atom stereocenters. The van der Waals surface area contributed by atoms with Crippen LogP contribution in [-0.2, 0) is 4.79 Å². The van der Waals surface area contributed by atoms with Gasteiger partial charge < -0.3 is 20.7 Å². The van der Waals surface area contributed by atoms with Gasteiger partial charge in [0, 0.05) is 23.5 Å². The average molecular weight is 382 g/mol. The second-order valence-electron chi connectivity index (χ2n) is 6.15. The molecule has 1 saturated heterocycles. The lowest BCUT2D eigenvalue weighted by molar-refractivity contribution is -0.384. The third-order valence-electron chi connectivity index (χ3n) is 4.33. The van der Waals surface area contributed by atoms with Crippen LogP contribution in [0.4, 0.5) is 16.2 Å². The smallest absolute Gasteiger partial charge is 0.319 e. The molecule has 1 aliphatic heterocycles. The second kappa shape index (κ2) is 7.78. The Morgan fingerprint density at radius 2 is 2.00 bits per heavy atom. The molecule has 28 heavy (non-hydrogen) atoms. The Balaban J connectivity index is 1.90. The van der Waals surface area contributed by atoms with Crippen molar-refractivity contribution < 1.29 is 19.2 Å². The molecule has 0 bridgehead atoms. The largest absolute Gasteiger partial charge is 0.497 e. The van der Waals surface area contributed by atoms with Gasteiger partial charge in [-0.1, -0.05) is 24.8 Å². The SMILES string of the molecule is C=C1NC(=O)N[C@@H](c2cccc(OC)c2)[C@H]1C(=O)Nc1cccc([N+](=O)[O-])c1. The Morgan fingerprint density at radius 3 is 2.71 bits per heavy atom. The number of non-ortho nitro benzene ring substituents is 1. The first kappa shape index (κ1) is 18.9. The van der Waals surface area contributed by atoms with E-state index in [0.717, 1.165) is 0 Å². The zero-order valence-corrected chi connectivity index (χ0v) is 15.0. The number of methoxy groups -OCH3 is 1. The molecule has 3 amide bonds. The fourth-order valence-corrected chi connectivity index (χ4v) is 3.02. The summed E-state index contributed by atoms with van der Waals surface area (Å²) >= 11 is 0. The van der Waals surface area contributed by atoms with Crippen LogP contribution in [0.1, 0.15) is 11.6 Å². The molecule has 9 heteroatoms. The Labute approximate surface area is 160 Å². The maximum absolute atomic E-state index is 12.9. The fraction of sp³-hybridized carbons (Fsp3) is 0.158. The Hall–Kier alpha value is -3.88. The van der Waals surface area contributed by atoms with Crippen LogP contribution < -0.4 is 20.7 Å². The molecule has 1 aliphatic rings. The summed E-state index contributed by atoms with van der Waals surface area (Å²) in [5, 5.41) is 18.8. The van der Waals surface area contributed by atoms with Crippen LogP contribution in [0.5, 0.6) is 5.75 Å². The molecule has 2 aromatic carbocycles. The van der Waals surface area contributed by atoms with Crippen molar-refractivity contribution in [2.24, 2.45) is 5.92 Å². The first-order chi connectivity index (χ1) is 13.4. The molecule has 0 saturated carbocycles.